The Hall–Kier alpha value is -2.10. The molecule has 0 saturated heterocycles. The molecule has 0 aliphatic heterocycles. The van der Waals surface area contributed by atoms with Crippen LogP contribution in [0.4, 0.5) is 0 Å². The third-order valence-corrected chi connectivity index (χ3v) is 5.12. The van der Waals surface area contributed by atoms with Gasteiger partial charge in [-0.15, -0.1) is 22.9 Å². The molecule has 0 saturated carbocycles. The normalized spacial score (nSPS) is 11.8. The standard InChI is InChI=1S/C19H14Cl2N2O2S/c20-9-14(24)11-25-19-16(10-22)15(12-3-5-13(21)6-4-12)8-17(23-19)18-2-1-7-26-18/h1-8,14,24H,9,11H2. The topological polar surface area (TPSA) is 66.1 Å². The van der Waals surface area contributed by atoms with Crippen LogP contribution in [0.25, 0.3) is 21.7 Å². The summed E-state index contributed by atoms with van der Waals surface area (Å²) in [4.78, 5) is 5.43. The first kappa shape index (κ1) is 18.7. The van der Waals surface area contributed by atoms with Crippen molar-refractivity contribution in [1.82, 2.24) is 4.98 Å². The van der Waals surface area contributed by atoms with Crippen LogP contribution in [-0.4, -0.2) is 28.7 Å². The molecule has 2 aromatic heterocycles. The van der Waals surface area contributed by atoms with Crippen LogP contribution in [0.3, 0.4) is 0 Å². The number of alkyl halides is 1. The second-order valence-electron chi connectivity index (χ2n) is 5.45. The number of aliphatic hydroxyl groups is 1. The molecule has 2 heterocycles. The van der Waals surface area contributed by atoms with Crippen LogP contribution >= 0.6 is 34.5 Å². The summed E-state index contributed by atoms with van der Waals surface area (Å²) in [5.74, 6) is 0.212. The first-order chi connectivity index (χ1) is 12.6. The van der Waals surface area contributed by atoms with Crippen molar-refractivity contribution in [1.29, 1.82) is 5.26 Å². The predicted octanol–water partition coefficient (Wildman–Crippen LogP) is 4.98. The third kappa shape index (κ3) is 4.17. The van der Waals surface area contributed by atoms with Gasteiger partial charge in [-0.25, -0.2) is 4.98 Å². The quantitative estimate of drug-likeness (QED) is 0.588. The van der Waals surface area contributed by atoms with Gasteiger partial charge in [0.25, 0.3) is 0 Å². The van der Waals surface area contributed by atoms with E-state index in [1.54, 1.807) is 23.5 Å². The van der Waals surface area contributed by atoms with Gasteiger partial charge in [-0.3, -0.25) is 0 Å². The van der Waals surface area contributed by atoms with Gasteiger partial charge >= 0.3 is 0 Å². The Morgan fingerprint density at radius 3 is 2.65 bits per heavy atom. The van der Waals surface area contributed by atoms with Crippen molar-refractivity contribution in [3.8, 4) is 33.6 Å². The Balaban J connectivity index is 2.13. The Labute approximate surface area is 165 Å². The van der Waals surface area contributed by atoms with E-state index in [0.29, 0.717) is 21.8 Å². The summed E-state index contributed by atoms with van der Waals surface area (Å²) in [5, 5.41) is 21.9. The summed E-state index contributed by atoms with van der Waals surface area (Å²) >= 11 is 13.1. The van der Waals surface area contributed by atoms with Crippen LogP contribution < -0.4 is 4.74 Å². The van der Waals surface area contributed by atoms with E-state index in [2.05, 4.69) is 11.1 Å². The summed E-state index contributed by atoms with van der Waals surface area (Å²) in [5.41, 5.74) is 2.51. The van der Waals surface area contributed by atoms with Gasteiger partial charge < -0.3 is 9.84 Å². The number of rotatable bonds is 6. The second kappa shape index (κ2) is 8.52. The van der Waals surface area contributed by atoms with Gasteiger partial charge in [0.05, 0.1) is 16.5 Å². The molecule has 1 unspecified atom stereocenters. The highest BCUT2D eigenvalue weighted by Gasteiger charge is 2.18. The molecule has 132 valence electrons. The highest BCUT2D eigenvalue weighted by Crippen LogP contribution is 2.35. The summed E-state index contributed by atoms with van der Waals surface area (Å²) in [6.07, 6.45) is -0.839. The average Bonchev–Trinajstić information content (AvgIpc) is 3.20. The number of halogens is 2. The van der Waals surface area contributed by atoms with Crippen LogP contribution in [0.2, 0.25) is 5.02 Å². The van der Waals surface area contributed by atoms with Gasteiger partial charge in [-0.2, -0.15) is 5.26 Å². The Morgan fingerprint density at radius 2 is 2.04 bits per heavy atom. The number of hydrogen-bond donors (Lipinski definition) is 1. The maximum atomic E-state index is 9.68. The summed E-state index contributed by atoms with van der Waals surface area (Å²) in [6.45, 7) is -0.0425. The third-order valence-electron chi connectivity index (χ3n) is 3.62. The van der Waals surface area contributed by atoms with Crippen LogP contribution in [0.5, 0.6) is 5.88 Å². The van der Waals surface area contributed by atoms with Crippen LogP contribution in [0, 0.1) is 11.3 Å². The largest absolute Gasteiger partial charge is 0.474 e. The summed E-state index contributed by atoms with van der Waals surface area (Å²) < 4.78 is 5.62. The van der Waals surface area contributed by atoms with Gasteiger partial charge in [-0.05, 0) is 35.2 Å². The van der Waals surface area contributed by atoms with E-state index in [-0.39, 0.29) is 18.4 Å². The molecular weight excluding hydrogens is 391 g/mol. The number of nitrogens with zero attached hydrogens (tertiary/aromatic N) is 2. The van der Waals surface area contributed by atoms with Gasteiger partial charge in [0.1, 0.15) is 24.3 Å². The number of ether oxygens (including phenoxy) is 1. The molecule has 26 heavy (non-hydrogen) atoms. The number of hydrogen-bond acceptors (Lipinski definition) is 5. The van der Waals surface area contributed by atoms with Gasteiger partial charge in [-0.1, -0.05) is 29.8 Å². The zero-order valence-corrected chi connectivity index (χ0v) is 15.9. The molecule has 0 bridgehead atoms. The first-order valence-electron chi connectivity index (χ1n) is 7.74. The molecule has 0 aliphatic carbocycles. The molecule has 0 spiro atoms. The fraction of sp³-hybridized carbons (Fsp3) is 0.158. The molecule has 4 nitrogen and oxygen atoms in total. The molecule has 1 aromatic carbocycles. The first-order valence-corrected chi connectivity index (χ1v) is 9.53. The zero-order chi connectivity index (χ0) is 18.5. The van der Waals surface area contributed by atoms with E-state index < -0.39 is 6.10 Å². The lowest BCUT2D eigenvalue weighted by atomic mass is 10.0. The van der Waals surface area contributed by atoms with Crippen molar-refractivity contribution in [2.24, 2.45) is 0 Å². The van der Waals surface area contributed by atoms with Crippen molar-refractivity contribution < 1.29 is 9.84 Å². The number of aromatic nitrogens is 1. The molecule has 1 atom stereocenters. The second-order valence-corrected chi connectivity index (χ2v) is 7.14. The molecule has 0 fully saturated rings. The van der Waals surface area contributed by atoms with Crippen molar-refractivity contribution in [3.63, 3.8) is 0 Å². The number of thiophene rings is 1. The van der Waals surface area contributed by atoms with E-state index in [1.807, 2.05) is 35.7 Å². The van der Waals surface area contributed by atoms with E-state index in [1.165, 1.54) is 0 Å². The molecular formula is C19H14Cl2N2O2S. The summed E-state index contributed by atoms with van der Waals surface area (Å²) in [7, 11) is 0. The van der Waals surface area contributed by atoms with Gasteiger partial charge in [0.15, 0.2) is 0 Å². The molecule has 7 heteroatoms. The highest BCUT2D eigenvalue weighted by molar-refractivity contribution is 7.13. The lowest BCUT2D eigenvalue weighted by molar-refractivity contribution is 0.122. The summed E-state index contributed by atoms with van der Waals surface area (Å²) in [6, 6.07) is 15.1. The van der Waals surface area contributed by atoms with Crippen molar-refractivity contribution >= 4 is 34.5 Å². The molecule has 0 aliphatic rings. The number of benzene rings is 1. The fourth-order valence-electron chi connectivity index (χ4n) is 2.36. The van der Waals surface area contributed by atoms with Crippen molar-refractivity contribution in [2.75, 3.05) is 12.5 Å². The molecule has 0 amide bonds. The molecule has 0 radical (unpaired) electrons. The smallest absolute Gasteiger partial charge is 0.233 e. The van der Waals surface area contributed by atoms with Crippen molar-refractivity contribution in [2.45, 2.75) is 6.10 Å². The maximum absolute atomic E-state index is 9.68. The minimum Gasteiger partial charge on any atom is -0.474 e. The van der Waals surface area contributed by atoms with E-state index in [9.17, 15) is 10.4 Å². The maximum Gasteiger partial charge on any atom is 0.233 e. The monoisotopic (exact) mass is 404 g/mol. The molecule has 3 rings (SSSR count). The predicted molar refractivity (Wildman–Crippen MR) is 105 cm³/mol. The average molecular weight is 405 g/mol. The number of aliphatic hydroxyl groups excluding tert-OH is 1. The Morgan fingerprint density at radius 1 is 1.27 bits per heavy atom. The fourth-order valence-corrected chi connectivity index (χ4v) is 3.26. The minimum atomic E-state index is -0.839. The van der Waals surface area contributed by atoms with E-state index in [0.717, 1.165) is 10.4 Å². The van der Waals surface area contributed by atoms with E-state index in [4.69, 9.17) is 27.9 Å². The number of pyridine rings is 1. The Kier molecular flexibility index (Phi) is 6.12. The Bertz CT molecular complexity index is 922. The van der Waals surface area contributed by atoms with E-state index >= 15 is 0 Å². The van der Waals surface area contributed by atoms with Crippen LogP contribution in [0.1, 0.15) is 5.56 Å². The van der Waals surface area contributed by atoms with Crippen LogP contribution in [-0.2, 0) is 0 Å². The SMILES string of the molecule is N#Cc1c(-c2ccc(Cl)cc2)cc(-c2cccs2)nc1OCC(O)CCl. The lowest BCUT2D eigenvalue weighted by Crippen LogP contribution is -2.19. The number of nitriles is 1. The van der Waals surface area contributed by atoms with Crippen LogP contribution in [0.15, 0.2) is 47.8 Å². The van der Waals surface area contributed by atoms with Gasteiger partial charge in [0.2, 0.25) is 5.88 Å². The molecule has 3 aromatic rings. The molecule has 1 N–H and O–H groups in total. The zero-order valence-electron chi connectivity index (χ0n) is 13.5. The van der Waals surface area contributed by atoms with Crippen molar-refractivity contribution in [3.05, 3.63) is 58.4 Å². The lowest BCUT2D eigenvalue weighted by Gasteiger charge is -2.14. The highest BCUT2D eigenvalue weighted by atomic mass is 35.5. The van der Waals surface area contributed by atoms with Gasteiger partial charge in [0, 0.05) is 10.6 Å². The minimum absolute atomic E-state index is 0.0382.